The molecule has 2 N–H and O–H groups in total. The second kappa shape index (κ2) is 5.70. The van der Waals surface area contributed by atoms with E-state index in [1.165, 1.54) is 31.2 Å². The summed E-state index contributed by atoms with van der Waals surface area (Å²) in [4.78, 5) is 12.1. The fourth-order valence-corrected chi connectivity index (χ4v) is 4.39. The van der Waals surface area contributed by atoms with E-state index in [-0.39, 0.29) is 6.03 Å². The predicted molar refractivity (Wildman–Crippen MR) is 86.6 cm³/mol. The Balaban J connectivity index is 1.55. The van der Waals surface area contributed by atoms with Crippen LogP contribution in [0.25, 0.3) is 0 Å². The lowest BCUT2D eigenvalue weighted by molar-refractivity contribution is 0.245. The Hall–Kier alpha value is -1.51. The van der Waals surface area contributed by atoms with E-state index in [2.05, 4.69) is 29.7 Å². The minimum atomic E-state index is -0.0622. The molecule has 3 nitrogen and oxygen atoms in total. The van der Waals surface area contributed by atoms with Gasteiger partial charge >= 0.3 is 6.03 Å². The van der Waals surface area contributed by atoms with Gasteiger partial charge in [-0.25, -0.2) is 4.79 Å². The maximum absolute atomic E-state index is 12.1. The number of aryl methyl sites for hydroxylation is 3. The molecule has 21 heavy (non-hydrogen) atoms. The van der Waals surface area contributed by atoms with Gasteiger partial charge in [0.25, 0.3) is 0 Å². The molecule has 0 aromatic heterocycles. The van der Waals surface area contributed by atoms with Crippen molar-refractivity contribution < 1.29 is 4.79 Å². The number of carbonyl (C=O) groups excluding carboxylic acids is 1. The lowest BCUT2D eigenvalue weighted by Crippen LogP contribution is -2.35. The number of carbonyl (C=O) groups is 1. The van der Waals surface area contributed by atoms with Crippen molar-refractivity contribution in [3.8, 4) is 0 Å². The molecule has 0 saturated heterocycles. The second-order valence-electron chi connectivity index (χ2n) is 7.04. The van der Waals surface area contributed by atoms with Gasteiger partial charge in [-0.1, -0.05) is 24.1 Å². The number of benzene rings is 1. The van der Waals surface area contributed by atoms with Crippen molar-refractivity contribution in [2.45, 2.75) is 46.5 Å². The smallest absolute Gasteiger partial charge is 0.319 e. The summed E-state index contributed by atoms with van der Waals surface area (Å²) in [6, 6.07) is 4.16. The first kappa shape index (κ1) is 14.4. The molecule has 3 atom stereocenters. The minimum Gasteiger partial charge on any atom is -0.338 e. The van der Waals surface area contributed by atoms with Crippen LogP contribution in [-0.4, -0.2) is 12.6 Å². The van der Waals surface area contributed by atoms with Crippen LogP contribution in [-0.2, 0) is 0 Å². The average Bonchev–Trinajstić information content (AvgIpc) is 3.03. The topological polar surface area (TPSA) is 41.1 Å². The van der Waals surface area contributed by atoms with Gasteiger partial charge in [0.2, 0.25) is 0 Å². The molecule has 0 radical (unpaired) electrons. The Morgan fingerprint density at radius 1 is 1.14 bits per heavy atom. The van der Waals surface area contributed by atoms with Crippen LogP contribution in [0, 0.1) is 38.5 Å². The average molecular weight is 286 g/mol. The molecule has 1 aromatic rings. The van der Waals surface area contributed by atoms with Crippen LogP contribution >= 0.6 is 0 Å². The molecule has 0 aliphatic heterocycles. The Bertz CT molecular complexity index is 529. The molecule has 0 unspecified atom stereocenters. The first-order valence-corrected chi connectivity index (χ1v) is 8.15. The first-order valence-electron chi connectivity index (χ1n) is 8.15. The summed E-state index contributed by atoms with van der Waals surface area (Å²) < 4.78 is 0. The lowest BCUT2D eigenvalue weighted by Gasteiger charge is -2.22. The van der Waals surface area contributed by atoms with E-state index in [4.69, 9.17) is 0 Å². The van der Waals surface area contributed by atoms with Gasteiger partial charge in [0, 0.05) is 12.2 Å². The van der Waals surface area contributed by atoms with Crippen molar-refractivity contribution in [2.24, 2.45) is 17.8 Å². The normalized spacial score (nSPS) is 26.9. The molecular weight excluding hydrogens is 260 g/mol. The quantitative estimate of drug-likeness (QED) is 0.860. The fourth-order valence-electron chi connectivity index (χ4n) is 4.39. The van der Waals surface area contributed by atoms with E-state index in [1.54, 1.807) is 0 Å². The Kier molecular flexibility index (Phi) is 3.92. The van der Waals surface area contributed by atoms with Crippen molar-refractivity contribution in [1.29, 1.82) is 0 Å². The van der Waals surface area contributed by atoms with E-state index < -0.39 is 0 Å². The maximum atomic E-state index is 12.1. The number of hydrogen-bond donors (Lipinski definition) is 2. The summed E-state index contributed by atoms with van der Waals surface area (Å²) >= 11 is 0. The number of anilines is 1. The third kappa shape index (κ3) is 3.07. The van der Waals surface area contributed by atoms with E-state index in [9.17, 15) is 4.79 Å². The number of hydrogen-bond acceptors (Lipinski definition) is 1. The molecule has 2 saturated carbocycles. The highest BCUT2D eigenvalue weighted by Gasteiger charge is 2.39. The van der Waals surface area contributed by atoms with Crippen LogP contribution in [0.15, 0.2) is 12.1 Å². The number of amides is 2. The highest BCUT2D eigenvalue weighted by atomic mass is 16.2. The Labute approximate surface area is 127 Å². The highest BCUT2D eigenvalue weighted by Crippen LogP contribution is 2.47. The molecular formula is C18H26N2O. The molecule has 3 rings (SSSR count). The van der Waals surface area contributed by atoms with E-state index in [0.29, 0.717) is 5.92 Å². The molecule has 2 amide bonds. The second-order valence-corrected chi connectivity index (χ2v) is 7.04. The van der Waals surface area contributed by atoms with E-state index in [0.717, 1.165) is 35.2 Å². The van der Waals surface area contributed by atoms with Crippen LogP contribution in [0.5, 0.6) is 0 Å². The van der Waals surface area contributed by atoms with E-state index >= 15 is 0 Å². The van der Waals surface area contributed by atoms with Gasteiger partial charge in [0.15, 0.2) is 0 Å². The van der Waals surface area contributed by atoms with Crippen LogP contribution in [0.3, 0.4) is 0 Å². The maximum Gasteiger partial charge on any atom is 0.319 e. The summed E-state index contributed by atoms with van der Waals surface area (Å²) in [7, 11) is 0. The van der Waals surface area contributed by atoms with Crippen LogP contribution in [0.1, 0.15) is 42.4 Å². The molecule has 1 aromatic carbocycles. The number of fused-ring (bicyclic) bond motifs is 2. The molecule has 2 aliphatic rings. The summed E-state index contributed by atoms with van der Waals surface area (Å²) in [5.74, 6) is 2.50. The SMILES string of the molecule is Cc1cc(C)c(NC(=O)NC[C@H]2C[C@H]3CC[C@@H]2C3)c(C)c1. The molecule has 0 spiro atoms. The molecule has 0 heterocycles. The highest BCUT2D eigenvalue weighted by molar-refractivity contribution is 5.91. The predicted octanol–water partition coefficient (Wildman–Crippen LogP) is 4.17. The largest absolute Gasteiger partial charge is 0.338 e. The van der Waals surface area contributed by atoms with Crippen molar-refractivity contribution >= 4 is 11.7 Å². The van der Waals surface area contributed by atoms with Crippen LogP contribution in [0.2, 0.25) is 0 Å². The van der Waals surface area contributed by atoms with Crippen molar-refractivity contribution in [1.82, 2.24) is 5.32 Å². The summed E-state index contributed by atoms with van der Waals surface area (Å²) in [6.45, 7) is 7.01. The standard InChI is InChI=1S/C18H26N2O/c1-11-6-12(2)17(13(3)7-11)20-18(21)19-10-16-9-14-4-5-15(16)8-14/h6-7,14-16H,4-5,8-10H2,1-3H3,(H2,19,20,21)/t14-,15+,16+/m0/s1. The van der Waals surface area contributed by atoms with Gasteiger partial charge in [-0.3, -0.25) is 0 Å². The van der Waals surface area contributed by atoms with Crippen LogP contribution in [0.4, 0.5) is 10.5 Å². The molecule has 2 aliphatic carbocycles. The number of urea groups is 1. The Morgan fingerprint density at radius 2 is 1.86 bits per heavy atom. The number of nitrogens with one attached hydrogen (secondary N) is 2. The summed E-state index contributed by atoms with van der Waals surface area (Å²) in [5.41, 5.74) is 4.44. The van der Waals surface area contributed by atoms with Gasteiger partial charge in [0.1, 0.15) is 0 Å². The van der Waals surface area contributed by atoms with Crippen molar-refractivity contribution in [3.05, 3.63) is 28.8 Å². The molecule has 3 heteroatoms. The van der Waals surface area contributed by atoms with Gasteiger partial charge in [-0.15, -0.1) is 0 Å². The van der Waals surface area contributed by atoms with Crippen LogP contribution < -0.4 is 10.6 Å². The molecule has 2 bridgehead atoms. The number of rotatable bonds is 3. The van der Waals surface area contributed by atoms with Crippen molar-refractivity contribution in [3.63, 3.8) is 0 Å². The summed E-state index contributed by atoms with van der Waals surface area (Å²) in [5, 5.41) is 6.10. The van der Waals surface area contributed by atoms with Gasteiger partial charge < -0.3 is 10.6 Å². The van der Waals surface area contributed by atoms with E-state index in [1.807, 2.05) is 13.8 Å². The summed E-state index contributed by atoms with van der Waals surface area (Å²) in [6.07, 6.45) is 5.49. The zero-order valence-corrected chi connectivity index (χ0v) is 13.3. The molecule has 114 valence electrons. The lowest BCUT2D eigenvalue weighted by atomic mass is 9.89. The Morgan fingerprint density at radius 3 is 2.43 bits per heavy atom. The van der Waals surface area contributed by atoms with Gasteiger partial charge in [-0.2, -0.15) is 0 Å². The third-order valence-corrected chi connectivity index (χ3v) is 5.32. The third-order valence-electron chi connectivity index (χ3n) is 5.32. The fraction of sp³-hybridized carbons (Fsp3) is 0.611. The van der Waals surface area contributed by atoms with Crippen molar-refractivity contribution in [2.75, 3.05) is 11.9 Å². The van der Waals surface area contributed by atoms with Gasteiger partial charge in [0.05, 0.1) is 0 Å². The zero-order valence-electron chi connectivity index (χ0n) is 13.3. The minimum absolute atomic E-state index is 0.0622. The molecule has 2 fully saturated rings. The monoisotopic (exact) mass is 286 g/mol. The zero-order chi connectivity index (χ0) is 15.0. The van der Waals surface area contributed by atoms with Gasteiger partial charge in [-0.05, 0) is 68.9 Å². The first-order chi connectivity index (χ1) is 10.0.